The predicted molar refractivity (Wildman–Crippen MR) is 82.7 cm³/mol. The van der Waals surface area contributed by atoms with Crippen LogP contribution in [0, 0.1) is 0 Å². The Hall–Kier alpha value is -1.46. The van der Waals surface area contributed by atoms with Crippen LogP contribution in [-0.4, -0.2) is 49.3 Å². The molecule has 2 aliphatic rings. The molecule has 120 valence electrons. The Bertz CT molecular complexity index is 578. The van der Waals surface area contributed by atoms with Gasteiger partial charge in [-0.05, 0) is 31.5 Å². The number of nitrogens with zero attached hydrogens (tertiary/aromatic N) is 1. The average Bonchev–Trinajstić information content (AvgIpc) is 2.49. The van der Waals surface area contributed by atoms with Gasteiger partial charge in [0, 0.05) is 6.54 Å². The lowest BCUT2D eigenvalue weighted by Gasteiger charge is -2.37. The van der Waals surface area contributed by atoms with Crippen molar-refractivity contribution in [1.29, 1.82) is 0 Å². The van der Waals surface area contributed by atoms with Gasteiger partial charge in [0.1, 0.15) is 13.2 Å². The summed E-state index contributed by atoms with van der Waals surface area (Å²) in [4.78, 5) is 14.4. The summed E-state index contributed by atoms with van der Waals surface area (Å²) in [5, 5.41) is 0.489. The number of rotatable bonds is 2. The normalized spacial score (nSPS) is 24.2. The van der Waals surface area contributed by atoms with Crippen molar-refractivity contribution >= 4 is 17.5 Å². The standard InChI is InChI=1S/C16H20ClNO4/c1-10-9-22-11(2)8-18(10)15(19)7-12-5-13(17)16-14(6-12)20-3-4-21-16/h5-6,10-11H,3-4,7-9H2,1-2H3/t10-,11-/m0/s1. The molecule has 0 bridgehead atoms. The highest BCUT2D eigenvalue weighted by molar-refractivity contribution is 6.32. The van der Waals surface area contributed by atoms with Crippen molar-refractivity contribution in [3.05, 3.63) is 22.7 Å². The number of carbonyl (C=O) groups is 1. The van der Waals surface area contributed by atoms with Gasteiger partial charge in [-0.15, -0.1) is 0 Å². The Balaban J connectivity index is 1.75. The van der Waals surface area contributed by atoms with E-state index in [-0.39, 0.29) is 18.1 Å². The molecule has 1 aromatic rings. The van der Waals surface area contributed by atoms with Crippen LogP contribution in [-0.2, 0) is 16.0 Å². The van der Waals surface area contributed by atoms with Crippen LogP contribution in [0.15, 0.2) is 12.1 Å². The molecule has 0 saturated carbocycles. The number of ether oxygens (including phenoxy) is 3. The number of halogens is 1. The number of fused-ring (bicyclic) bond motifs is 1. The molecule has 5 nitrogen and oxygen atoms in total. The second kappa shape index (κ2) is 6.34. The molecule has 1 saturated heterocycles. The van der Waals surface area contributed by atoms with Crippen molar-refractivity contribution < 1.29 is 19.0 Å². The quantitative estimate of drug-likeness (QED) is 0.837. The van der Waals surface area contributed by atoms with Gasteiger partial charge < -0.3 is 19.1 Å². The van der Waals surface area contributed by atoms with Crippen LogP contribution in [0.4, 0.5) is 0 Å². The number of hydrogen-bond acceptors (Lipinski definition) is 4. The van der Waals surface area contributed by atoms with E-state index in [2.05, 4.69) is 0 Å². The van der Waals surface area contributed by atoms with Crippen LogP contribution in [0.1, 0.15) is 19.4 Å². The maximum absolute atomic E-state index is 12.6. The molecule has 1 aromatic carbocycles. The summed E-state index contributed by atoms with van der Waals surface area (Å²) in [6.07, 6.45) is 0.372. The van der Waals surface area contributed by atoms with Gasteiger partial charge in [0.25, 0.3) is 0 Å². The van der Waals surface area contributed by atoms with E-state index in [9.17, 15) is 4.79 Å². The molecular formula is C16H20ClNO4. The smallest absolute Gasteiger partial charge is 0.227 e. The van der Waals surface area contributed by atoms with Crippen molar-refractivity contribution in [3.63, 3.8) is 0 Å². The Kier molecular flexibility index (Phi) is 4.45. The summed E-state index contributed by atoms with van der Waals surface area (Å²) in [6.45, 7) is 6.17. The van der Waals surface area contributed by atoms with E-state index >= 15 is 0 Å². The summed E-state index contributed by atoms with van der Waals surface area (Å²) < 4.78 is 16.6. The van der Waals surface area contributed by atoms with Gasteiger partial charge >= 0.3 is 0 Å². The van der Waals surface area contributed by atoms with E-state index < -0.39 is 0 Å². The Morgan fingerprint density at radius 3 is 2.91 bits per heavy atom. The molecule has 2 aliphatic heterocycles. The van der Waals surface area contributed by atoms with Crippen LogP contribution < -0.4 is 9.47 Å². The average molecular weight is 326 g/mol. The predicted octanol–water partition coefficient (Wildman–Crippen LogP) is 2.29. The van der Waals surface area contributed by atoms with E-state index in [0.717, 1.165) is 5.56 Å². The van der Waals surface area contributed by atoms with Gasteiger partial charge in [-0.1, -0.05) is 11.6 Å². The third-order valence-electron chi connectivity index (χ3n) is 3.94. The first kappa shape index (κ1) is 15.4. The molecule has 0 aliphatic carbocycles. The maximum atomic E-state index is 12.6. The maximum Gasteiger partial charge on any atom is 0.227 e. The molecule has 1 fully saturated rings. The zero-order valence-electron chi connectivity index (χ0n) is 12.8. The van der Waals surface area contributed by atoms with Crippen LogP contribution in [0.5, 0.6) is 11.5 Å². The molecule has 3 rings (SSSR count). The third-order valence-corrected chi connectivity index (χ3v) is 4.22. The molecular weight excluding hydrogens is 306 g/mol. The van der Waals surface area contributed by atoms with E-state index in [1.807, 2.05) is 24.8 Å². The van der Waals surface area contributed by atoms with Gasteiger partial charge in [0.15, 0.2) is 11.5 Å². The van der Waals surface area contributed by atoms with Gasteiger partial charge in [0.2, 0.25) is 5.91 Å². The fourth-order valence-corrected chi connectivity index (χ4v) is 3.08. The molecule has 0 radical (unpaired) electrons. The molecule has 0 aromatic heterocycles. The van der Waals surface area contributed by atoms with Crippen LogP contribution in [0.3, 0.4) is 0 Å². The summed E-state index contributed by atoms with van der Waals surface area (Å²) in [5.74, 6) is 1.26. The lowest BCUT2D eigenvalue weighted by molar-refractivity contribution is -0.142. The van der Waals surface area contributed by atoms with Crippen molar-refractivity contribution in [2.24, 2.45) is 0 Å². The highest BCUT2D eigenvalue weighted by Crippen LogP contribution is 2.38. The largest absolute Gasteiger partial charge is 0.486 e. The molecule has 6 heteroatoms. The van der Waals surface area contributed by atoms with Crippen LogP contribution >= 0.6 is 11.6 Å². The lowest BCUT2D eigenvalue weighted by Crippen LogP contribution is -2.50. The molecule has 22 heavy (non-hydrogen) atoms. The van der Waals surface area contributed by atoms with Gasteiger partial charge in [-0.3, -0.25) is 4.79 Å². The first-order valence-electron chi connectivity index (χ1n) is 7.53. The van der Waals surface area contributed by atoms with Gasteiger partial charge in [0.05, 0.1) is 30.2 Å². The van der Waals surface area contributed by atoms with Crippen molar-refractivity contribution in [3.8, 4) is 11.5 Å². The highest BCUT2D eigenvalue weighted by Gasteiger charge is 2.28. The third kappa shape index (κ3) is 3.15. The van der Waals surface area contributed by atoms with Gasteiger partial charge in [-0.2, -0.15) is 0 Å². The van der Waals surface area contributed by atoms with Crippen molar-refractivity contribution in [2.45, 2.75) is 32.4 Å². The molecule has 0 unspecified atom stereocenters. The Morgan fingerprint density at radius 1 is 1.32 bits per heavy atom. The highest BCUT2D eigenvalue weighted by atomic mass is 35.5. The van der Waals surface area contributed by atoms with Crippen LogP contribution in [0.25, 0.3) is 0 Å². The topological polar surface area (TPSA) is 48.0 Å². The zero-order valence-corrected chi connectivity index (χ0v) is 13.6. The lowest BCUT2D eigenvalue weighted by atomic mass is 10.1. The minimum Gasteiger partial charge on any atom is -0.486 e. The Labute approximate surface area is 135 Å². The minimum absolute atomic E-state index is 0.0732. The van der Waals surface area contributed by atoms with E-state index in [0.29, 0.717) is 49.3 Å². The Morgan fingerprint density at radius 2 is 2.09 bits per heavy atom. The number of hydrogen-bond donors (Lipinski definition) is 0. The van der Waals surface area contributed by atoms with Crippen LogP contribution in [0.2, 0.25) is 5.02 Å². The first-order valence-corrected chi connectivity index (χ1v) is 7.91. The van der Waals surface area contributed by atoms with Gasteiger partial charge in [-0.25, -0.2) is 0 Å². The number of morpholine rings is 1. The molecule has 2 heterocycles. The molecule has 2 atom stereocenters. The summed E-state index contributed by atoms with van der Waals surface area (Å²) in [7, 11) is 0. The number of amides is 1. The number of carbonyl (C=O) groups excluding carboxylic acids is 1. The number of benzene rings is 1. The molecule has 0 spiro atoms. The molecule has 0 N–H and O–H groups in total. The van der Waals surface area contributed by atoms with Crippen molar-refractivity contribution in [2.75, 3.05) is 26.4 Å². The monoisotopic (exact) mass is 325 g/mol. The van der Waals surface area contributed by atoms with E-state index in [1.54, 1.807) is 6.07 Å². The minimum atomic E-state index is 0.0732. The first-order chi connectivity index (χ1) is 10.5. The SMILES string of the molecule is C[C@H]1CN(C(=O)Cc2cc(Cl)c3c(c2)OCCO3)[C@@H](C)CO1. The fraction of sp³-hybridized carbons (Fsp3) is 0.562. The van der Waals surface area contributed by atoms with Crippen molar-refractivity contribution in [1.82, 2.24) is 4.90 Å². The summed E-state index contributed by atoms with van der Waals surface area (Å²) in [6, 6.07) is 3.71. The summed E-state index contributed by atoms with van der Waals surface area (Å²) >= 11 is 6.22. The second-order valence-electron chi connectivity index (χ2n) is 5.82. The zero-order chi connectivity index (χ0) is 15.7. The van der Waals surface area contributed by atoms with E-state index in [1.165, 1.54) is 0 Å². The second-order valence-corrected chi connectivity index (χ2v) is 6.22. The van der Waals surface area contributed by atoms with E-state index in [4.69, 9.17) is 25.8 Å². The molecule has 1 amide bonds. The fourth-order valence-electron chi connectivity index (χ4n) is 2.79. The summed E-state index contributed by atoms with van der Waals surface area (Å²) in [5.41, 5.74) is 0.839.